The van der Waals surface area contributed by atoms with Gasteiger partial charge in [0.05, 0.1) is 6.61 Å². The molecule has 1 aliphatic carbocycles. The van der Waals surface area contributed by atoms with Gasteiger partial charge in [-0.1, -0.05) is 64.7 Å². The number of aliphatic hydroxyl groups excluding tert-OH is 1. The third-order valence-corrected chi connectivity index (χ3v) is 6.37. The van der Waals surface area contributed by atoms with Gasteiger partial charge in [-0.05, 0) is 60.8 Å². The minimum atomic E-state index is -0.157. The van der Waals surface area contributed by atoms with E-state index in [1.807, 2.05) is 25.1 Å². The Balaban J connectivity index is 2.35. The molecule has 3 heteroatoms. The molecular formula is C25H38O3. The van der Waals surface area contributed by atoms with E-state index in [2.05, 4.69) is 27.4 Å². The highest BCUT2D eigenvalue weighted by Crippen LogP contribution is 2.47. The van der Waals surface area contributed by atoms with E-state index in [-0.39, 0.29) is 35.4 Å². The highest BCUT2D eigenvalue weighted by molar-refractivity contribution is 5.53. The summed E-state index contributed by atoms with van der Waals surface area (Å²) in [6.07, 6.45) is 9.55. The highest BCUT2D eigenvalue weighted by Gasteiger charge is 2.32. The van der Waals surface area contributed by atoms with E-state index in [0.717, 1.165) is 42.4 Å². The number of allylic oxidation sites excluding steroid dienone is 2. The number of unbranched alkanes of at least 4 members (excludes halogenated alkanes) is 3. The van der Waals surface area contributed by atoms with Gasteiger partial charge in [0, 0.05) is 11.5 Å². The zero-order valence-corrected chi connectivity index (χ0v) is 18.1. The van der Waals surface area contributed by atoms with Gasteiger partial charge >= 0.3 is 0 Å². The van der Waals surface area contributed by atoms with E-state index in [1.54, 1.807) is 0 Å². The maximum absolute atomic E-state index is 10.9. The van der Waals surface area contributed by atoms with E-state index in [9.17, 15) is 15.3 Å². The van der Waals surface area contributed by atoms with Crippen LogP contribution in [0.15, 0.2) is 35.9 Å². The smallest absolute Gasteiger partial charge is 0.123 e. The molecule has 0 radical (unpaired) electrons. The van der Waals surface area contributed by atoms with Crippen LogP contribution >= 0.6 is 0 Å². The number of hydrogen-bond acceptors (Lipinski definition) is 3. The molecule has 0 unspecified atom stereocenters. The van der Waals surface area contributed by atoms with Gasteiger partial charge < -0.3 is 15.3 Å². The molecule has 0 aliphatic heterocycles. The molecule has 0 saturated heterocycles. The second kappa shape index (κ2) is 9.65. The summed E-state index contributed by atoms with van der Waals surface area (Å²) in [4.78, 5) is 0. The molecule has 0 saturated carbocycles. The summed E-state index contributed by atoms with van der Waals surface area (Å²) >= 11 is 0. The molecule has 0 heterocycles. The largest absolute Gasteiger partial charge is 0.507 e. The quantitative estimate of drug-likeness (QED) is 0.343. The summed E-state index contributed by atoms with van der Waals surface area (Å²) in [5.41, 5.74) is 3.42. The normalized spacial score (nSPS) is 20.1. The first-order chi connectivity index (χ1) is 13.2. The number of phenolic OH excluding ortho intramolecular Hbond substituents is 2. The lowest BCUT2D eigenvalue weighted by Crippen LogP contribution is -2.20. The van der Waals surface area contributed by atoms with E-state index in [4.69, 9.17) is 0 Å². The van der Waals surface area contributed by atoms with Gasteiger partial charge in [-0.2, -0.15) is 0 Å². The number of phenols is 2. The maximum atomic E-state index is 10.9. The van der Waals surface area contributed by atoms with Crippen molar-refractivity contribution < 1.29 is 15.3 Å². The van der Waals surface area contributed by atoms with Crippen molar-refractivity contribution in [1.82, 2.24) is 0 Å². The monoisotopic (exact) mass is 386 g/mol. The van der Waals surface area contributed by atoms with Gasteiger partial charge in [-0.25, -0.2) is 0 Å². The van der Waals surface area contributed by atoms with Crippen molar-refractivity contribution in [2.75, 3.05) is 6.61 Å². The fourth-order valence-electron chi connectivity index (χ4n) is 4.44. The van der Waals surface area contributed by atoms with Crippen LogP contribution in [0.25, 0.3) is 0 Å². The average molecular weight is 387 g/mol. The lowest BCUT2D eigenvalue weighted by Gasteiger charge is -2.33. The minimum absolute atomic E-state index is 0.0177. The van der Waals surface area contributed by atoms with Crippen molar-refractivity contribution in [3.63, 3.8) is 0 Å². The molecule has 2 rings (SSSR count). The van der Waals surface area contributed by atoms with E-state index < -0.39 is 0 Å². The van der Waals surface area contributed by atoms with Crippen LogP contribution in [-0.4, -0.2) is 21.9 Å². The molecule has 156 valence electrons. The summed E-state index contributed by atoms with van der Waals surface area (Å²) in [5.74, 6) is 0.279. The van der Waals surface area contributed by atoms with Gasteiger partial charge in [-0.3, -0.25) is 0 Å². The molecule has 28 heavy (non-hydrogen) atoms. The van der Waals surface area contributed by atoms with Crippen molar-refractivity contribution in [2.24, 2.45) is 5.92 Å². The first-order valence-electron chi connectivity index (χ1n) is 10.7. The van der Waals surface area contributed by atoms with Crippen LogP contribution in [0.4, 0.5) is 0 Å². The first-order valence-corrected chi connectivity index (χ1v) is 10.7. The number of aliphatic hydroxyl groups is 1. The fourth-order valence-corrected chi connectivity index (χ4v) is 4.44. The van der Waals surface area contributed by atoms with Gasteiger partial charge in [0.2, 0.25) is 0 Å². The summed E-state index contributed by atoms with van der Waals surface area (Å²) in [5, 5.41) is 31.3. The molecule has 3 N–H and O–H groups in total. The predicted octanol–water partition coefficient (Wildman–Crippen LogP) is 6.33. The predicted molar refractivity (Wildman–Crippen MR) is 117 cm³/mol. The number of hydrogen-bond donors (Lipinski definition) is 3. The molecule has 2 atom stereocenters. The molecule has 1 aromatic carbocycles. The SMILES string of the molecule is C=C(C)[C@@H]1CCC(CO)=C[C@H]1c1c(O)cc(C(C)(C)CCCCCC)cc1O. The lowest BCUT2D eigenvalue weighted by molar-refractivity contribution is 0.314. The van der Waals surface area contributed by atoms with Crippen LogP contribution in [-0.2, 0) is 5.41 Å². The zero-order chi connectivity index (χ0) is 20.9. The maximum Gasteiger partial charge on any atom is 0.123 e. The number of aromatic hydroxyl groups is 2. The Morgan fingerprint density at radius 1 is 1.14 bits per heavy atom. The Kier molecular flexibility index (Phi) is 7.77. The van der Waals surface area contributed by atoms with Crippen molar-refractivity contribution in [3.05, 3.63) is 47.1 Å². The Morgan fingerprint density at radius 3 is 2.32 bits per heavy atom. The first kappa shape index (κ1) is 22.5. The Labute approximate surface area is 170 Å². The molecule has 3 nitrogen and oxygen atoms in total. The van der Waals surface area contributed by atoms with Gasteiger partial charge in [-0.15, -0.1) is 0 Å². The molecule has 0 amide bonds. The Morgan fingerprint density at radius 2 is 1.79 bits per heavy atom. The molecule has 0 spiro atoms. The number of benzene rings is 1. The molecule has 0 aromatic heterocycles. The third kappa shape index (κ3) is 5.20. The number of rotatable bonds is 9. The van der Waals surface area contributed by atoms with Crippen LogP contribution in [0, 0.1) is 5.92 Å². The zero-order valence-electron chi connectivity index (χ0n) is 18.1. The average Bonchev–Trinajstić information content (AvgIpc) is 2.64. The van der Waals surface area contributed by atoms with Crippen LogP contribution in [0.3, 0.4) is 0 Å². The van der Waals surface area contributed by atoms with Gasteiger partial charge in [0.15, 0.2) is 0 Å². The summed E-state index contributed by atoms with van der Waals surface area (Å²) < 4.78 is 0. The van der Waals surface area contributed by atoms with Crippen LogP contribution in [0.2, 0.25) is 0 Å². The van der Waals surface area contributed by atoms with E-state index in [1.165, 1.54) is 19.3 Å². The molecule has 0 bridgehead atoms. The van der Waals surface area contributed by atoms with Crippen molar-refractivity contribution in [3.8, 4) is 11.5 Å². The van der Waals surface area contributed by atoms with Crippen molar-refractivity contribution >= 4 is 0 Å². The standard InChI is InChI=1S/C25H38O3/c1-6-7-8-9-12-25(4,5)19-14-22(27)24(23(28)15-19)21-13-18(16-26)10-11-20(21)17(2)3/h13-15,20-21,26-28H,2,6-12,16H2,1,3-5H3/t20-,21+/m0/s1. The van der Waals surface area contributed by atoms with Crippen LogP contribution in [0.5, 0.6) is 11.5 Å². The second-order valence-corrected chi connectivity index (χ2v) is 9.12. The molecule has 0 fully saturated rings. The Bertz CT molecular complexity index is 691. The summed E-state index contributed by atoms with van der Waals surface area (Å²) in [6, 6.07) is 3.65. The van der Waals surface area contributed by atoms with Crippen molar-refractivity contribution in [2.45, 2.75) is 84.0 Å². The van der Waals surface area contributed by atoms with Gasteiger partial charge in [0.1, 0.15) is 11.5 Å². The lowest BCUT2D eigenvalue weighted by atomic mass is 9.72. The fraction of sp³-hybridized carbons (Fsp3) is 0.600. The highest BCUT2D eigenvalue weighted by atomic mass is 16.3. The van der Waals surface area contributed by atoms with E-state index in [0.29, 0.717) is 5.56 Å². The Hall–Kier alpha value is -1.74. The van der Waals surface area contributed by atoms with Crippen LogP contribution in [0.1, 0.15) is 89.7 Å². The summed E-state index contributed by atoms with van der Waals surface area (Å²) in [6.45, 7) is 12.7. The second-order valence-electron chi connectivity index (χ2n) is 9.12. The molecule has 1 aromatic rings. The van der Waals surface area contributed by atoms with Gasteiger partial charge in [0.25, 0.3) is 0 Å². The third-order valence-electron chi connectivity index (χ3n) is 6.37. The minimum Gasteiger partial charge on any atom is -0.507 e. The topological polar surface area (TPSA) is 60.7 Å². The van der Waals surface area contributed by atoms with E-state index >= 15 is 0 Å². The summed E-state index contributed by atoms with van der Waals surface area (Å²) in [7, 11) is 0. The van der Waals surface area contributed by atoms with Crippen molar-refractivity contribution in [1.29, 1.82) is 0 Å². The molecular weight excluding hydrogens is 348 g/mol. The molecule has 1 aliphatic rings. The van der Waals surface area contributed by atoms with Crippen LogP contribution < -0.4 is 0 Å².